The smallest absolute Gasteiger partial charge is 0.253 e. The Morgan fingerprint density at radius 1 is 1.23 bits per heavy atom. The lowest BCUT2D eigenvalue weighted by atomic mass is 10.00. The zero-order chi connectivity index (χ0) is 21.5. The molecule has 1 aromatic carbocycles. The fourth-order valence-corrected chi connectivity index (χ4v) is 5.78. The molecule has 10 heteroatoms. The lowest BCUT2D eigenvalue weighted by Gasteiger charge is -2.23. The molecule has 9 nitrogen and oxygen atoms in total. The number of pyridine rings is 1. The molecule has 2 fully saturated rings. The minimum atomic E-state index is -3.56. The molecule has 4 heterocycles. The number of amides is 1. The monoisotopic (exact) mass is 441 g/mol. The predicted octanol–water partition coefficient (Wildman–Crippen LogP) is 1.83. The van der Waals surface area contributed by atoms with Gasteiger partial charge in [-0.25, -0.2) is 13.4 Å². The Kier molecular flexibility index (Phi) is 4.99. The van der Waals surface area contributed by atoms with E-state index in [0.29, 0.717) is 30.9 Å². The van der Waals surface area contributed by atoms with Crippen LogP contribution in [-0.2, 0) is 21.3 Å². The van der Waals surface area contributed by atoms with E-state index in [1.54, 1.807) is 36.5 Å². The van der Waals surface area contributed by atoms with Gasteiger partial charge in [-0.1, -0.05) is 12.1 Å². The summed E-state index contributed by atoms with van der Waals surface area (Å²) in [6.07, 6.45) is 5.75. The normalized spacial score (nSPS) is 21.8. The lowest BCUT2D eigenvalue weighted by molar-refractivity contribution is 0.0175. The summed E-state index contributed by atoms with van der Waals surface area (Å²) in [5.74, 6) is -0.258. The molecule has 2 aliphatic heterocycles. The van der Waals surface area contributed by atoms with Crippen LogP contribution in [0, 0.1) is 0 Å². The van der Waals surface area contributed by atoms with Crippen molar-refractivity contribution in [2.24, 2.45) is 0 Å². The Hall–Kier alpha value is -2.82. The van der Waals surface area contributed by atoms with Gasteiger partial charge >= 0.3 is 0 Å². The predicted molar refractivity (Wildman–Crippen MR) is 113 cm³/mol. The van der Waals surface area contributed by atoms with Crippen LogP contribution in [-0.4, -0.2) is 59.1 Å². The number of rotatable bonds is 5. The standard InChI is InChI=1S/C21H23N5O4S/c27-20(17-10-16-13-24-25-19(16)22-12-17)23-11-15-2-4-18(5-3-15)31(28,29)26-8-7-21(14-26)6-1-9-30-21/h2-5,10,12-13H,1,6-9,11,14H2,(H,23,27)(H,22,24,25). The fraction of sp³-hybridized carbons (Fsp3) is 0.381. The van der Waals surface area contributed by atoms with Gasteiger partial charge in [0.05, 0.1) is 22.3 Å². The first-order valence-electron chi connectivity index (χ1n) is 10.3. The van der Waals surface area contributed by atoms with Crippen molar-refractivity contribution in [2.75, 3.05) is 19.7 Å². The summed E-state index contributed by atoms with van der Waals surface area (Å²) >= 11 is 0. The summed E-state index contributed by atoms with van der Waals surface area (Å²) in [5.41, 5.74) is 1.56. The molecule has 2 aliphatic rings. The number of aromatic amines is 1. The SMILES string of the molecule is O=C(NCc1ccc(S(=O)(=O)N2CCC3(CCCO3)C2)cc1)c1cnc2[nH]ncc2c1. The molecule has 1 unspecified atom stereocenters. The van der Waals surface area contributed by atoms with Crippen LogP contribution in [0.3, 0.4) is 0 Å². The summed E-state index contributed by atoms with van der Waals surface area (Å²) in [6.45, 7) is 1.89. The van der Waals surface area contributed by atoms with E-state index in [0.717, 1.165) is 30.2 Å². The second kappa shape index (κ2) is 7.70. The maximum Gasteiger partial charge on any atom is 0.253 e. The van der Waals surface area contributed by atoms with Crippen LogP contribution >= 0.6 is 0 Å². The molecule has 1 spiro atoms. The molecule has 5 rings (SSSR count). The highest BCUT2D eigenvalue weighted by Gasteiger charge is 2.45. The van der Waals surface area contributed by atoms with Gasteiger partial charge in [0, 0.05) is 37.8 Å². The molecule has 0 radical (unpaired) electrons. The first kappa shape index (κ1) is 20.1. The van der Waals surface area contributed by atoms with Crippen molar-refractivity contribution in [2.45, 2.75) is 36.3 Å². The van der Waals surface area contributed by atoms with Crippen molar-refractivity contribution in [1.29, 1.82) is 0 Å². The van der Waals surface area contributed by atoms with Gasteiger partial charge in [-0.2, -0.15) is 9.40 Å². The maximum atomic E-state index is 13.0. The minimum Gasteiger partial charge on any atom is -0.374 e. The summed E-state index contributed by atoms with van der Waals surface area (Å²) in [4.78, 5) is 16.8. The van der Waals surface area contributed by atoms with Crippen LogP contribution in [0.15, 0.2) is 47.6 Å². The molecule has 0 bridgehead atoms. The van der Waals surface area contributed by atoms with Crippen LogP contribution < -0.4 is 5.32 Å². The van der Waals surface area contributed by atoms with Crippen LogP contribution in [0.5, 0.6) is 0 Å². The average Bonchev–Trinajstić information content (AvgIpc) is 3.54. The first-order chi connectivity index (χ1) is 15.0. The Balaban J connectivity index is 1.23. The highest BCUT2D eigenvalue weighted by Crippen LogP contribution is 2.37. The topological polar surface area (TPSA) is 117 Å². The average molecular weight is 442 g/mol. The van der Waals surface area contributed by atoms with E-state index >= 15 is 0 Å². The van der Waals surface area contributed by atoms with E-state index in [2.05, 4.69) is 20.5 Å². The molecule has 162 valence electrons. The Morgan fingerprint density at radius 2 is 2.06 bits per heavy atom. The fourth-order valence-electron chi connectivity index (χ4n) is 4.26. The molecule has 31 heavy (non-hydrogen) atoms. The number of carbonyl (C=O) groups excluding carboxylic acids is 1. The van der Waals surface area contributed by atoms with Crippen molar-refractivity contribution in [3.63, 3.8) is 0 Å². The van der Waals surface area contributed by atoms with Gasteiger partial charge in [0.25, 0.3) is 5.91 Å². The van der Waals surface area contributed by atoms with Crippen LogP contribution in [0.25, 0.3) is 11.0 Å². The van der Waals surface area contributed by atoms with Crippen LogP contribution in [0.2, 0.25) is 0 Å². The van der Waals surface area contributed by atoms with E-state index < -0.39 is 10.0 Å². The van der Waals surface area contributed by atoms with Crippen LogP contribution in [0.4, 0.5) is 0 Å². The molecule has 1 amide bonds. The number of nitrogens with one attached hydrogen (secondary N) is 2. The van der Waals surface area contributed by atoms with E-state index in [1.165, 1.54) is 10.5 Å². The number of fused-ring (bicyclic) bond motifs is 1. The van der Waals surface area contributed by atoms with Gasteiger partial charge in [0.1, 0.15) is 0 Å². The first-order valence-corrected chi connectivity index (χ1v) is 11.7. The zero-order valence-corrected chi connectivity index (χ0v) is 17.7. The Labute approximate surface area is 179 Å². The van der Waals surface area contributed by atoms with Crippen LogP contribution in [0.1, 0.15) is 35.2 Å². The summed E-state index contributed by atoms with van der Waals surface area (Å²) in [5, 5.41) is 10.2. The third kappa shape index (κ3) is 3.82. The molecule has 3 aromatic rings. The van der Waals surface area contributed by atoms with E-state index in [-0.39, 0.29) is 22.9 Å². The van der Waals surface area contributed by atoms with Gasteiger partial charge in [0.15, 0.2) is 5.65 Å². The minimum absolute atomic E-state index is 0.257. The number of ether oxygens (including phenoxy) is 1. The quantitative estimate of drug-likeness (QED) is 0.624. The van der Waals surface area contributed by atoms with Gasteiger partial charge in [-0.05, 0) is 43.0 Å². The molecular weight excluding hydrogens is 418 g/mol. The lowest BCUT2D eigenvalue weighted by Crippen LogP contribution is -2.35. The Bertz CT molecular complexity index is 1220. The number of H-pyrrole nitrogens is 1. The summed E-state index contributed by atoms with van der Waals surface area (Å²) in [6, 6.07) is 8.35. The van der Waals surface area contributed by atoms with Gasteiger partial charge in [-0.3, -0.25) is 9.89 Å². The van der Waals surface area contributed by atoms with E-state index in [1.807, 2.05) is 0 Å². The number of benzene rings is 1. The van der Waals surface area contributed by atoms with Gasteiger partial charge in [0.2, 0.25) is 10.0 Å². The molecular formula is C21H23N5O4S. The molecule has 2 N–H and O–H groups in total. The summed E-state index contributed by atoms with van der Waals surface area (Å²) < 4.78 is 33.4. The zero-order valence-electron chi connectivity index (χ0n) is 16.9. The molecule has 2 aromatic heterocycles. The molecule has 2 saturated heterocycles. The van der Waals surface area contributed by atoms with Gasteiger partial charge < -0.3 is 10.1 Å². The number of aromatic nitrogens is 3. The second-order valence-electron chi connectivity index (χ2n) is 8.08. The van der Waals surface area contributed by atoms with E-state index in [4.69, 9.17) is 4.74 Å². The number of sulfonamides is 1. The van der Waals surface area contributed by atoms with Crippen molar-refractivity contribution < 1.29 is 17.9 Å². The largest absolute Gasteiger partial charge is 0.374 e. The number of hydrogen-bond acceptors (Lipinski definition) is 6. The number of nitrogens with zero attached hydrogens (tertiary/aromatic N) is 3. The van der Waals surface area contributed by atoms with Crippen molar-refractivity contribution in [3.05, 3.63) is 53.9 Å². The highest BCUT2D eigenvalue weighted by molar-refractivity contribution is 7.89. The Morgan fingerprint density at radius 3 is 2.84 bits per heavy atom. The second-order valence-corrected chi connectivity index (χ2v) is 10.0. The van der Waals surface area contributed by atoms with Crippen molar-refractivity contribution in [3.8, 4) is 0 Å². The number of carbonyl (C=O) groups is 1. The number of hydrogen-bond donors (Lipinski definition) is 2. The third-order valence-corrected chi connectivity index (χ3v) is 7.89. The molecule has 0 aliphatic carbocycles. The molecule has 0 saturated carbocycles. The van der Waals surface area contributed by atoms with E-state index in [9.17, 15) is 13.2 Å². The molecule has 1 atom stereocenters. The maximum absolute atomic E-state index is 13.0. The van der Waals surface area contributed by atoms with Crippen molar-refractivity contribution in [1.82, 2.24) is 24.8 Å². The summed E-state index contributed by atoms with van der Waals surface area (Å²) in [7, 11) is -3.56. The third-order valence-electron chi connectivity index (χ3n) is 6.03. The van der Waals surface area contributed by atoms with Gasteiger partial charge in [-0.15, -0.1) is 0 Å². The highest BCUT2D eigenvalue weighted by atomic mass is 32.2. The van der Waals surface area contributed by atoms with Crippen molar-refractivity contribution >= 4 is 27.0 Å².